The summed E-state index contributed by atoms with van der Waals surface area (Å²) in [6.45, 7) is 0.374. The molecule has 2 aromatic rings. The SMILES string of the molecule is NC(=O)C[C@@H](C#Cc1nccs1)NC(=O)[C@@H]1CCCN1C(=O)C1(c2ccc(OC(F)(F)F)cc2)CC1. The Morgan fingerprint density at radius 1 is 1.28 bits per heavy atom. The van der Waals surface area contributed by atoms with Crippen molar-refractivity contribution < 1.29 is 32.3 Å². The number of hydrogen-bond donors (Lipinski definition) is 2. The van der Waals surface area contributed by atoms with Gasteiger partial charge in [0, 0.05) is 18.1 Å². The number of amides is 3. The highest BCUT2D eigenvalue weighted by molar-refractivity contribution is 7.10. The van der Waals surface area contributed by atoms with Crippen molar-refractivity contribution in [1.82, 2.24) is 15.2 Å². The highest BCUT2D eigenvalue weighted by atomic mass is 32.1. The maximum absolute atomic E-state index is 13.5. The number of halogens is 3. The summed E-state index contributed by atoms with van der Waals surface area (Å²) in [5, 5.41) is 5.00. The van der Waals surface area contributed by atoms with Gasteiger partial charge < -0.3 is 20.7 Å². The number of ether oxygens (including phenoxy) is 1. The normalized spacial score (nSPS) is 19.1. The third-order valence-corrected chi connectivity index (χ3v) is 6.81. The molecule has 2 atom stereocenters. The molecule has 3 amide bonds. The number of carbonyl (C=O) groups is 3. The molecule has 1 aliphatic carbocycles. The molecule has 1 saturated carbocycles. The Hall–Kier alpha value is -3.59. The number of hydrogen-bond acceptors (Lipinski definition) is 6. The molecule has 1 saturated heterocycles. The zero-order valence-electron chi connectivity index (χ0n) is 19.0. The number of nitrogens with one attached hydrogen (secondary N) is 1. The number of aromatic nitrogens is 1. The summed E-state index contributed by atoms with van der Waals surface area (Å²) in [5.74, 6) is 3.93. The van der Waals surface area contributed by atoms with Crippen LogP contribution in [0.15, 0.2) is 35.8 Å². The second-order valence-corrected chi connectivity index (χ2v) is 9.54. The Bertz CT molecular complexity index is 1180. The van der Waals surface area contributed by atoms with Crippen LogP contribution in [0.3, 0.4) is 0 Å². The highest BCUT2D eigenvalue weighted by Crippen LogP contribution is 2.50. The summed E-state index contributed by atoms with van der Waals surface area (Å²) in [4.78, 5) is 43.7. The fraction of sp³-hybridized carbons (Fsp3) is 0.417. The van der Waals surface area contributed by atoms with Crippen molar-refractivity contribution in [3.8, 4) is 17.6 Å². The number of nitrogens with zero attached hydrogens (tertiary/aromatic N) is 2. The first kappa shape index (κ1) is 25.5. The maximum atomic E-state index is 13.5. The van der Waals surface area contributed by atoms with Gasteiger partial charge >= 0.3 is 6.36 Å². The monoisotopic (exact) mass is 520 g/mol. The van der Waals surface area contributed by atoms with E-state index in [1.807, 2.05) is 0 Å². The summed E-state index contributed by atoms with van der Waals surface area (Å²) in [6, 6.07) is 3.68. The van der Waals surface area contributed by atoms with Crippen molar-refractivity contribution in [2.24, 2.45) is 5.73 Å². The average Bonchev–Trinajstić information content (AvgIpc) is 3.20. The Kier molecular flexibility index (Phi) is 7.21. The molecule has 36 heavy (non-hydrogen) atoms. The average molecular weight is 521 g/mol. The number of likely N-dealkylation sites (tertiary alicyclic amines) is 1. The molecule has 0 radical (unpaired) electrons. The third kappa shape index (κ3) is 5.96. The minimum Gasteiger partial charge on any atom is -0.406 e. The zero-order valence-corrected chi connectivity index (χ0v) is 19.8. The molecule has 3 N–H and O–H groups in total. The standard InChI is InChI=1S/C24H23F3N4O4S/c25-24(26,27)35-17-6-3-15(4-7-17)23(9-10-23)22(34)31-12-1-2-18(31)21(33)30-16(14-19(28)32)5-8-20-29-11-13-36-20/h3-4,6-7,11,13,16,18H,1-2,9-10,12,14H2,(H2,28,32)(H,30,33)/t16-,18+/m1/s1. The Labute approximate surface area is 209 Å². The van der Waals surface area contributed by atoms with Crippen LogP contribution < -0.4 is 15.8 Å². The van der Waals surface area contributed by atoms with E-state index in [0.29, 0.717) is 42.8 Å². The lowest BCUT2D eigenvalue weighted by molar-refractivity contribution is -0.274. The van der Waals surface area contributed by atoms with Crippen LogP contribution in [0.2, 0.25) is 0 Å². The van der Waals surface area contributed by atoms with Gasteiger partial charge in [-0.3, -0.25) is 14.4 Å². The number of carbonyl (C=O) groups excluding carboxylic acids is 3. The van der Waals surface area contributed by atoms with Gasteiger partial charge in [0.05, 0.1) is 17.9 Å². The second-order valence-electron chi connectivity index (χ2n) is 8.65. The van der Waals surface area contributed by atoms with Gasteiger partial charge in [-0.1, -0.05) is 18.1 Å². The summed E-state index contributed by atoms with van der Waals surface area (Å²) in [6.07, 6.45) is -1.30. The van der Waals surface area contributed by atoms with Gasteiger partial charge in [0.25, 0.3) is 0 Å². The number of nitrogens with two attached hydrogens (primary N) is 1. The molecule has 0 unspecified atom stereocenters. The van der Waals surface area contributed by atoms with Crippen LogP contribution in [0.25, 0.3) is 0 Å². The maximum Gasteiger partial charge on any atom is 0.573 e. The number of thiazole rings is 1. The van der Waals surface area contributed by atoms with Gasteiger partial charge in [0.2, 0.25) is 17.7 Å². The molecule has 1 aliphatic heterocycles. The Balaban J connectivity index is 1.46. The number of primary amides is 1. The third-order valence-electron chi connectivity index (χ3n) is 6.12. The lowest BCUT2D eigenvalue weighted by Crippen LogP contribution is -2.51. The first-order valence-corrected chi connectivity index (χ1v) is 12.1. The van der Waals surface area contributed by atoms with Gasteiger partial charge in [0.15, 0.2) is 5.01 Å². The Morgan fingerprint density at radius 3 is 2.58 bits per heavy atom. The molecule has 0 spiro atoms. The van der Waals surface area contributed by atoms with E-state index in [1.54, 1.807) is 11.6 Å². The van der Waals surface area contributed by atoms with Gasteiger partial charge in [-0.25, -0.2) is 4.98 Å². The summed E-state index contributed by atoms with van der Waals surface area (Å²) in [7, 11) is 0. The first-order valence-electron chi connectivity index (χ1n) is 11.2. The smallest absolute Gasteiger partial charge is 0.406 e. The Morgan fingerprint density at radius 2 is 2.00 bits per heavy atom. The molecular weight excluding hydrogens is 497 g/mol. The van der Waals surface area contributed by atoms with Crippen LogP contribution in [-0.2, 0) is 19.8 Å². The predicted molar refractivity (Wildman–Crippen MR) is 124 cm³/mol. The van der Waals surface area contributed by atoms with Crippen LogP contribution in [-0.4, -0.2) is 52.6 Å². The molecule has 190 valence electrons. The molecule has 12 heteroatoms. The zero-order chi connectivity index (χ0) is 25.9. The summed E-state index contributed by atoms with van der Waals surface area (Å²) >= 11 is 1.31. The molecule has 1 aromatic heterocycles. The lowest BCUT2D eigenvalue weighted by Gasteiger charge is -2.29. The minimum atomic E-state index is -4.80. The van der Waals surface area contributed by atoms with Crippen LogP contribution in [0.4, 0.5) is 13.2 Å². The van der Waals surface area contributed by atoms with Crippen LogP contribution in [0.1, 0.15) is 42.7 Å². The molecule has 4 rings (SSSR count). The van der Waals surface area contributed by atoms with Crippen LogP contribution in [0.5, 0.6) is 5.75 Å². The molecule has 2 aliphatic rings. The van der Waals surface area contributed by atoms with Gasteiger partial charge in [-0.15, -0.1) is 24.5 Å². The van der Waals surface area contributed by atoms with Crippen molar-refractivity contribution in [2.45, 2.75) is 56.0 Å². The van der Waals surface area contributed by atoms with Crippen LogP contribution >= 0.6 is 11.3 Å². The summed E-state index contributed by atoms with van der Waals surface area (Å²) in [5.41, 5.74) is 5.01. The van der Waals surface area contributed by atoms with E-state index >= 15 is 0 Å². The number of alkyl halides is 3. The van der Waals surface area contributed by atoms with E-state index in [2.05, 4.69) is 26.9 Å². The second kappa shape index (κ2) is 10.2. The van der Waals surface area contributed by atoms with E-state index in [0.717, 1.165) is 0 Å². The highest BCUT2D eigenvalue weighted by Gasteiger charge is 2.55. The fourth-order valence-electron chi connectivity index (χ4n) is 4.33. The molecule has 2 heterocycles. The predicted octanol–water partition coefficient (Wildman–Crippen LogP) is 2.48. The molecular formula is C24H23F3N4O4S. The number of benzene rings is 1. The van der Waals surface area contributed by atoms with Crippen LogP contribution in [0, 0.1) is 11.8 Å². The van der Waals surface area contributed by atoms with Crippen molar-refractivity contribution in [3.63, 3.8) is 0 Å². The molecule has 1 aromatic carbocycles. The first-order chi connectivity index (χ1) is 17.1. The summed E-state index contributed by atoms with van der Waals surface area (Å²) < 4.78 is 41.3. The van der Waals surface area contributed by atoms with Crippen molar-refractivity contribution >= 4 is 29.1 Å². The van der Waals surface area contributed by atoms with Crippen molar-refractivity contribution in [2.75, 3.05) is 6.54 Å². The van der Waals surface area contributed by atoms with Gasteiger partial charge in [0.1, 0.15) is 11.8 Å². The van der Waals surface area contributed by atoms with E-state index in [1.165, 1.54) is 40.5 Å². The molecule has 8 nitrogen and oxygen atoms in total. The van der Waals surface area contributed by atoms with Crippen molar-refractivity contribution in [1.29, 1.82) is 0 Å². The van der Waals surface area contributed by atoms with Gasteiger partial charge in [-0.05, 0) is 49.3 Å². The largest absolute Gasteiger partial charge is 0.573 e. The van der Waals surface area contributed by atoms with E-state index in [9.17, 15) is 27.6 Å². The topological polar surface area (TPSA) is 115 Å². The minimum absolute atomic E-state index is 0.193. The van der Waals surface area contributed by atoms with Gasteiger partial charge in [-0.2, -0.15) is 0 Å². The quantitative estimate of drug-likeness (QED) is 0.545. The number of rotatable bonds is 7. The molecule has 2 fully saturated rings. The van der Waals surface area contributed by atoms with E-state index in [4.69, 9.17) is 5.73 Å². The lowest BCUT2D eigenvalue weighted by atomic mass is 9.93. The van der Waals surface area contributed by atoms with E-state index in [-0.39, 0.29) is 18.1 Å². The fourth-order valence-corrected chi connectivity index (χ4v) is 4.82. The van der Waals surface area contributed by atoms with E-state index < -0.39 is 35.7 Å². The molecule has 0 bridgehead atoms. The van der Waals surface area contributed by atoms with Crippen molar-refractivity contribution in [3.05, 3.63) is 46.4 Å².